The van der Waals surface area contributed by atoms with Crippen molar-refractivity contribution in [3.05, 3.63) is 60.2 Å². The van der Waals surface area contributed by atoms with Gasteiger partial charge in [0.1, 0.15) is 12.4 Å². The van der Waals surface area contributed by atoms with Crippen molar-refractivity contribution < 1.29 is 33.4 Å². The molecule has 1 saturated heterocycles. The summed E-state index contributed by atoms with van der Waals surface area (Å²) in [5, 5.41) is 26.4. The lowest BCUT2D eigenvalue weighted by atomic mass is 9.88. The van der Waals surface area contributed by atoms with Gasteiger partial charge in [-0.2, -0.15) is 4.31 Å². The highest BCUT2D eigenvalue weighted by atomic mass is 32.2. The number of piperidine rings is 1. The molecule has 2 unspecified atom stereocenters. The molecule has 0 aromatic heterocycles. The van der Waals surface area contributed by atoms with E-state index in [1.807, 2.05) is 30.3 Å². The van der Waals surface area contributed by atoms with Gasteiger partial charge < -0.3 is 20.2 Å². The van der Waals surface area contributed by atoms with Crippen LogP contribution in [0.1, 0.15) is 25.3 Å². The molecular formula is C20H26N2O7S. The summed E-state index contributed by atoms with van der Waals surface area (Å²) in [6.45, 7) is 1.75. The van der Waals surface area contributed by atoms with Gasteiger partial charge in [0.2, 0.25) is 10.0 Å². The smallest absolute Gasteiger partial charge is 0.325 e. The van der Waals surface area contributed by atoms with Crippen LogP contribution in [0.2, 0.25) is 0 Å². The second-order valence-corrected chi connectivity index (χ2v) is 8.95. The van der Waals surface area contributed by atoms with E-state index >= 15 is 0 Å². The van der Waals surface area contributed by atoms with E-state index in [2.05, 4.69) is 5.90 Å². The van der Waals surface area contributed by atoms with E-state index in [-0.39, 0.29) is 17.9 Å². The number of ether oxygens (including phenoxy) is 1. The number of benzene rings is 2. The fourth-order valence-electron chi connectivity index (χ4n) is 3.40. The summed E-state index contributed by atoms with van der Waals surface area (Å²) >= 11 is 0. The van der Waals surface area contributed by atoms with Gasteiger partial charge in [-0.1, -0.05) is 30.3 Å². The standard InChI is InChI=1S/C20H23NO6S.H3NO/c1-20(24)12-5-13-21(18(20)19(22)23)28(25,26)17-10-8-16(9-11-17)27-14-15-6-3-2-4-7-15;1-2/h2-4,6-11,18,24H,5,12-14H2,1H3,(H,22,23);2H,1H2. The molecule has 30 heavy (non-hydrogen) atoms. The van der Waals surface area contributed by atoms with Crippen LogP contribution >= 0.6 is 0 Å². The molecule has 2 atom stereocenters. The van der Waals surface area contributed by atoms with Crippen molar-refractivity contribution in [3.8, 4) is 5.75 Å². The van der Waals surface area contributed by atoms with Crippen molar-refractivity contribution in [1.82, 2.24) is 4.31 Å². The number of rotatable bonds is 6. The molecular weight excluding hydrogens is 412 g/mol. The Labute approximate surface area is 175 Å². The lowest BCUT2D eigenvalue weighted by molar-refractivity contribution is -0.153. The summed E-state index contributed by atoms with van der Waals surface area (Å²) in [6, 6.07) is 13.9. The minimum Gasteiger partial charge on any atom is -0.489 e. The zero-order valence-corrected chi connectivity index (χ0v) is 17.3. The number of nitrogens with zero attached hydrogens (tertiary/aromatic N) is 1. The van der Waals surface area contributed by atoms with Crippen LogP contribution in [-0.4, -0.2) is 52.3 Å². The first-order chi connectivity index (χ1) is 14.2. The van der Waals surface area contributed by atoms with Gasteiger partial charge in [0, 0.05) is 6.54 Å². The van der Waals surface area contributed by atoms with Gasteiger partial charge in [0.15, 0.2) is 6.04 Å². The molecule has 10 heteroatoms. The maximum atomic E-state index is 13.0. The predicted octanol–water partition coefficient (Wildman–Crippen LogP) is 1.59. The van der Waals surface area contributed by atoms with Crippen LogP contribution in [0, 0.1) is 0 Å². The van der Waals surface area contributed by atoms with Crippen molar-refractivity contribution in [2.24, 2.45) is 5.90 Å². The average Bonchev–Trinajstić information content (AvgIpc) is 2.73. The summed E-state index contributed by atoms with van der Waals surface area (Å²) in [5.41, 5.74) is -0.644. The first kappa shape index (κ1) is 23.8. The summed E-state index contributed by atoms with van der Waals surface area (Å²) in [5.74, 6) is 2.64. The number of sulfonamides is 1. The van der Waals surface area contributed by atoms with Crippen molar-refractivity contribution in [2.45, 2.75) is 42.9 Å². The number of carboxylic acids is 1. The normalized spacial score (nSPS) is 21.9. The molecule has 0 spiro atoms. The van der Waals surface area contributed by atoms with Crippen LogP contribution in [0.4, 0.5) is 0 Å². The van der Waals surface area contributed by atoms with E-state index in [9.17, 15) is 23.4 Å². The van der Waals surface area contributed by atoms with Crippen LogP contribution in [0.15, 0.2) is 59.5 Å². The molecule has 1 fully saturated rings. The fourth-order valence-corrected chi connectivity index (χ4v) is 5.12. The molecule has 0 amide bonds. The third kappa shape index (κ3) is 5.35. The molecule has 0 bridgehead atoms. The van der Waals surface area contributed by atoms with Crippen LogP contribution in [0.5, 0.6) is 5.75 Å². The van der Waals surface area contributed by atoms with Crippen LogP contribution in [0.3, 0.4) is 0 Å². The van der Waals surface area contributed by atoms with Gasteiger partial charge in [-0.25, -0.2) is 14.3 Å². The zero-order chi connectivity index (χ0) is 22.4. The summed E-state index contributed by atoms with van der Waals surface area (Å²) < 4.78 is 32.5. The number of nitrogens with two attached hydrogens (primary N) is 1. The van der Waals surface area contributed by atoms with Gasteiger partial charge in [-0.15, -0.1) is 0 Å². The molecule has 0 saturated carbocycles. The van der Waals surface area contributed by atoms with Crippen LogP contribution < -0.4 is 10.6 Å². The van der Waals surface area contributed by atoms with Crippen molar-refractivity contribution >= 4 is 16.0 Å². The molecule has 1 aliphatic heterocycles. The van der Waals surface area contributed by atoms with Crippen LogP contribution in [-0.2, 0) is 21.4 Å². The lowest BCUT2D eigenvalue weighted by Gasteiger charge is -2.41. The lowest BCUT2D eigenvalue weighted by Crippen LogP contribution is -2.60. The Morgan fingerprint density at radius 2 is 1.77 bits per heavy atom. The first-order valence-corrected chi connectivity index (χ1v) is 10.7. The molecule has 3 rings (SSSR count). The monoisotopic (exact) mass is 438 g/mol. The van der Waals surface area contributed by atoms with Gasteiger partial charge in [-0.3, -0.25) is 4.79 Å². The number of hydrogen-bond acceptors (Lipinski definition) is 7. The van der Waals surface area contributed by atoms with Crippen molar-refractivity contribution in [1.29, 1.82) is 0 Å². The van der Waals surface area contributed by atoms with Gasteiger partial charge >= 0.3 is 5.97 Å². The third-order valence-electron chi connectivity index (χ3n) is 4.85. The van der Waals surface area contributed by atoms with E-state index in [0.29, 0.717) is 18.8 Å². The van der Waals surface area contributed by atoms with Gasteiger partial charge in [-0.05, 0) is 49.6 Å². The van der Waals surface area contributed by atoms with E-state index in [4.69, 9.17) is 9.94 Å². The topological polar surface area (TPSA) is 150 Å². The Bertz CT molecular complexity index is 931. The Morgan fingerprint density at radius 3 is 2.33 bits per heavy atom. The summed E-state index contributed by atoms with van der Waals surface area (Å²) in [7, 11) is -4.07. The third-order valence-corrected chi connectivity index (χ3v) is 6.73. The predicted molar refractivity (Wildman–Crippen MR) is 108 cm³/mol. The quantitative estimate of drug-likeness (QED) is 0.497. The SMILES string of the molecule is CC1(O)CCCN(S(=O)(=O)c2ccc(OCc3ccccc3)cc2)C1C(=O)O.NO. The maximum Gasteiger partial charge on any atom is 0.325 e. The highest BCUT2D eigenvalue weighted by Gasteiger charge is 2.49. The van der Waals surface area contributed by atoms with E-state index < -0.39 is 27.6 Å². The molecule has 1 aliphatic rings. The number of carbonyl (C=O) groups is 1. The Balaban J connectivity index is 0.00000155. The van der Waals surface area contributed by atoms with Gasteiger partial charge in [0.25, 0.3) is 0 Å². The summed E-state index contributed by atoms with van der Waals surface area (Å²) in [6.07, 6.45) is 0.608. The summed E-state index contributed by atoms with van der Waals surface area (Å²) in [4.78, 5) is 11.6. The molecule has 2 aromatic rings. The number of carboxylic acid groups (broad SMARTS) is 1. The van der Waals surface area contributed by atoms with Gasteiger partial charge in [0.05, 0.1) is 10.5 Å². The second kappa shape index (κ2) is 10.0. The van der Waals surface area contributed by atoms with E-state index in [1.165, 1.54) is 31.2 Å². The van der Waals surface area contributed by atoms with Crippen LogP contribution in [0.25, 0.3) is 0 Å². The minimum absolute atomic E-state index is 0.0384. The van der Waals surface area contributed by atoms with Crippen molar-refractivity contribution in [3.63, 3.8) is 0 Å². The first-order valence-electron chi connectivity index (χ1n) is 9.21. The number of aliphatic hydroxyl groups is 1. The Morgan fingerprint density at radius 1 is 1.17 bits per heavy atom. The largest absolute Gasteiger partial charge is 0.489 e. The van der Waals surface area contributed by atoms with Crippen molar-refractivity contribution in [2.75, 3.05) is 6.54 Å². The van der Waals surface area contributed by atoms with E-state index in [0.717, 1.165) is 9.87 Å². The minimum atomic E-state index is -4.07. The number of aliphatic carboxylic acids is 1. The average molecular weight is 439 g/mol. The molecule has 5 N–H and O–H groups in total. The zero-order valence-electron chi connectivity index (χ0n) is 16.5. The fraction of sp³-hybridized carbons (Fsp3) is 0.350. The molecule has 0 radical (unpaired) electrons. The second-order valence-electron chi connectivity index (χ2n) is 7.06. The maximum absolute atomic E-state index is 13.0. The molecule has 2 aromatic carbocycles. The Kier molecular flexibility index (Phi) is 7.93. The van der Waals surface area contributed by atoms with E-state index in [1.54, 1.807) is 0 Å². The molecule has 9 nitrogen and oxygen atoms in total. The highest BCUT2D eigenvalue weighted by Crippen LogP contribution is 2.32. The number of hydrogen-bond donors (Lipinski definition) is 4. The molecule has 0 aliphatic carbocycles. The Hall–Kier alpha value is -2.50. The molecule has 164 valence electrons. The molecule has 1 heterocycles. The highest BCUT2D eigenvalue weighted by molar-refractivity contribution is 7.89.